The fraction of sp³-hybridized carbons (Fsp3) is 0.375. The Kier molecular flexibility index (Phi) is 3.85. The summed E-state index contributed by atoms with van der Waals surface area (Å²) in [5.74, 6) is -0.355. The van der Waals surface area contributed by atoms with Gasteiger partial charge in [0.1, 0.15) is 0 Å². The second-order valence-electron chi connectivity index (χ2n) is 5.73. The molecule has 0 amide bonds. The first-order chi connectivity index (χ1) is 10.6. The van der Waals surface area contributed by atoms with Crippen molar-refractivity contribution in [3.8, 4) is 5.88 Å². The average Bonchev–Trinajstić information content (AvgIpc) is 2.97. The maximum Gasteiger partial charge on any atom is 0.328 e. The third kappa shape index (κ3) is 2.69. The van der Waals surface area contributed by atoms with Crippen LogP contribution < -0.4 is 11.2 Å². The van der Waals surface area contributed by atoms with E-state index in [1.807, 2.05) is 31.2 Å². The van der Waals surface area contributed by atoms with Crippen molar-refractivity contribution in [3.63, 3.8) is 0 Å². The van der Waals surface area contributed by atoms with E-state index in [1.165, 1.54) is 0 Å². The lowest BCUT2D eigenvalue weighted by Gasteiger charge is -2.27. The maximum absolute atomic E-state index is 12.2. The van der Waals surface area contributed by atoms with Gasteiger partial charge in [-0.2, -0.15) is 0 Å². The van der Waals surface area contributed by atoms with Crippen molar-refractivity contribution in [1.82, 2.24) is 14.9 Å². The van der Waals surface area contributed by atoms with Crippen molar-refractivity contribution >= 4 is 0 Å². The highest BCUT2D eigenvalue weighted by Crippen LogP contribution is 2.32. The van der Waals surface area contributed by atoms with E-state index < -0.39 is 11.2 Å². The molecule has 0 bridgehead atoms. The van der Waals surface area contributed by atoms with Crippen LogP contribution in [0, 0.1) is 6.92 Å². The molecule has 0 aliphatic carbocycles. The lowest BCUT2D eigenvalue weighted by molar-refractivity contribution is 0.271. The third-order valence-corrected chi connectivity index (χ3v) is 4.13. The summed E-state index contributed by atoms with van der Waals surface area (Å²) in [7, 11) is 0. The van der Waals surface area contributed by atoms with Gasteiger partial charge < -0.3 is 5.11 Å². The molecule has 1 unspecified atom stereocenters. The Hall–Kier alpha value is -2.34. The Morgan fingerprint density at radius 3 is 2.32 bits per heavy atom. The molecule has 1 saturated heterocycles. The molecule has 3 N–H and O–H groups in total. The van der Waals surface area contributed by atoms with Crippen molar-refractivity contribution in [1.29, 1.82) is 0 Å². The summed E-state index contributed by atoms with van der Waals surface area (Å²) in [5, 5.41) is 10.1. The number of nitrogens with zero attached hydrogens (tertiary/aromatic N) is 1. The molecule has 0 saturated carbocycles. The van der Waals surface area contributed by atoms with Gasteiger partial charge in [-0.05, 0) is 38.4 Å². The summed E-state index contributed by atoms with van der Waals surface area (Å²) >= 11 is 0. The number of aromatic nitrogens is 2. The molecular formula is C16H19N3O3. The molecule has 0 spiro atoms. The molecule has 2 aromatic rings. The second kappa shape index (κ2) is 5.81. The number of aromatic amines is 2. The van der Waals surface area contributed by atoms with E-state index in [-0.39, 0.29) is 17.5 Å². The maximum atomic E-state index is 12.2. The summed E-state index contributed by atoms with van der Waals surface area (Å²) in [6.07, 6.45) is 2.12. The Labute approximate surface area is 127 Å². The molecular weight excluding hydrogens is 282 g/mol. The lowest BCUT2D eigenvalue weighted by atomic mass is 9.98. The van der Waals surface area contributed by atoms with Crippen LogP contribution in [0.25, 0.3) is 0 Å². The zero-order chi connectivity index (χ0) is 15.7. The van der Waals surface area contributed by atoms with Crippen LogP contribution in [0.2, 0.25) is 0 Å². The highest BCUT2D eigenvalue weighted by Gasteiger charge is 2.30. The molecule has 22 heavy (non-hydrogen) atoms. The summed E-state index contributed by atoms with van der Waals surface area (Å²) in [4.78, 5) is 30.2. The fourth-order valence-electron chi connectivity index (χ4n) is 3.05. The predicted octanol–water partition coefficient (Wildman–Crippen LogP) is 1.26. The van der Waals surface area contributed by atoms with Gasteiger partial charge >= 0.3 is 5.69 Å². The van der Waals surface area contributed by atoms with E-state index in [2.05, 4.69) is 14.9 Å². The van der Waals surface area contributed by atoms with Gasteiger partial charge in [0.05, 0.1) is 11.6 Å². The first-order valence-corrected chi connectivity index (χ1v) is 7.42. The highest BCUT2D eigenvalue weighted by molar-refractivity contribution is 5.36. The summed E-state index contributed by atoms with van der Waals surface area (Å²) in [6.45, 7) is 3.71. The molecule has 3 rings (SSSR count). The van der Waals surface area contributed by atoms with Crippen LogP contribution in [0.1, 0.15) is 35.6 Å². The highest BCUT2D eigenvalue weighted by atomic mass is 16.3. The normalized spacial score (nSPS) is 16.8. The number of benzene rings is 1. The molecule has 1 fully saturated rings. The van der Waals surface area contributed by atoms with E-state index in [4.69, 9.17) is 0 Å². The standard InChI is InChI=1S/C16H19N3O3/c1-10-4-6-11(7-5-10)13(19-8-2-3-9-19)12-14(20)17-16(22)18-15(12)21/h4-7,13H,2-3,8-9H2,1H3,(H3,17,18,20,21,22). The van der Waals surface area contributed by atoms with Gasteiger partial charge in [0.15, 0.2) is 0 Å². The number of aryl methyl sites for hydroxylation is 1. The summed E-state index contributed by atoms with van der Waals surface area (Å²) < 4.78 is 0. The van der Waals surface area contributed by atoms with Gasteiger partial charge in [0, 0.05) is 0 Å². The minimum absolute atomic E-state index is 0.199. The van der Waals surface area contributed by atoms with Gasteiger partial charge in [0.2, 0.25) is 5.88 Å². The van der Waals surface area contributed by atoms with Crippen LogP contribution in [0.4, 0.5) is 0 Å². The summed E-state index contributed by atoms with van der Waals surface area (Å²) in [6, 6.07) is 7.53. The molecule has 1 aromatic carbocycles. The topological polar surface area (TPSA) is 89.2 Å². The average molecular weight is 301 g/mol. The molecule has 1 atom stereocenters. The zero-order valence-corrected chi connectivity index (χ0v) is 12.4. The smallest absolute Gasteiger partial charge is 0.328 e. The first kappa shape index (κ1) is 14.6. The Bertz CT molecular complexity index is 770. The SMILES string of the molecule is Cc1ccc(C(c2c(O)[nH]c(=O)[nH]c2=O)N2CCCC2)cc1. The minimum atomic E-state index is -0.699. The van der Waals surface area contributed by atoms with Crippen molar-refractivity contribution in [2.24, 2.45) is 0 Å². The van der Waals surface area contributed by atoms with Crippen LogP contribution in [-0.2, 0) is 0 Å². The number of hydrogen-bond donors (Lipinski definition) is 3. The van der Waals surface area contributed by atoms with Crippen molar-refractivity contribution in [2.75, 3.05) is 13.1 Å². The van der Waals surface area contributed by atoms with Gasteiger partial charge in [0.25, 0.3) is 5.56 Å². The minimum Gasteiger partial charge on any atom is -0.494 e. The van der Waals surface area contributed by atoms with E-state index in [0.717, 1.165) is 37.1 Å². The monoisotopic (exact) mass is 301 g/mol. The number of hydrogen-bond acceptors (Lipinski definition) is 4. The van der Waals surface area contributed by atoms with Crippen molar-refractivity contribution in [2.45, 2.75) is 25.8 Å². The molecule has 6 nitrogen and oxygen atoms in total. The molecule has 1 aliphatic heterocycles. The first-order valence-electron chi connectivity index (χ1n) is 7.42. The van der Waals surface area contributed by atoms with E-state index in [0.29, 0.717) is 0 Å². The molecule has 2 heterocycles. The van der Waals surface area contributed by atoms with Crippen molar-refractivity contribution < 1.29 is 5.11 Å². The quantitative estimate of drug-likeness (QED) is 0.796. The van der Waals surface area contributed by atoms with Gasteiger partial charge in [-0.3, -0.25) is 19.7 Å². The zero-order valence-electron chi connectivity index (χ0n) is 12.4. The molecule has 116 valence electrons. The number of likely N-dealkylation sites (tertiary alicyclic amines) is 1. The van der Waals surface area contributed by atoms with E-state index in [9.17, 15) is 14.7 Å². The Morgan fingerprint density at radius 2 is 1.73 bits per heavy atom. The Balaban J connectivity index is 2.15. The van der Waals surface area contributed by atoms with Gasteiger partial charge in [-0.25, -0.2) is 4.79 Å². The number of rotatable bonds is 3. The Morgan fingerprint density at radius 1 is 1.09 bits per heavy atom. The van der Waals surface area contributed by atoms with Gasteiger partial charge in [-0.15, -0.1) is 0 Å². The van der Waals surface area contributed by atoms with Crippen LogP contribution in [0.3, 0.4) is 0 Å². The van der Waals surface area contributed by atoms with Crippen molar-refractivity contribution in [3.05, 3.63) is 61.8 Å². The summed E-state index contributed by atoms with van der Waals surface area (Å²) in [5.41, 5.74) is 1.02. The number of H-pyrrole nitrogens is 2. The largest absolute Gasteiger partial charge is 0.494 e. The van der Waals surface area contributed by atoms with E-state index >= 15 is 0 Å². The molecule has 0 radical (unpaired) electrons. The van der Waals surface area contributed by atoms with Crippen LogP contribution in [-0.4, -0.2) is 33.1 Å². The predicted molar refractivity (Wildman–Crippen MR) is 83.2 cm³/mol. The molecule has 6 heteroatoms. The van der Waals surface area contributed by atoms with Crippen LogP contribution >= 0.6 is 0 Å². The number of nitrogens with one attached hydrogen (secondary N) is 2. The lowest BCUT2D eigenvalue weighted by Crippen LogP contribution is -2.34. The third-order valence-electron chi connectivity index (χ3n) is 4.13. The molecule has 1 aliphatic rings. The van der Waals surface area contributed by atoms with Gasteiger partial charge in [-0.1, -0.05) is 29.8 Å². The second-order valence-corrected chi connectivity index (χ2v) is 5.73. The van der Waals surface area contributed by atoms with E-state index in [1.54, 1.807) is 0 Å². The fourth-order valence-corrected chi connectivity index (χ4v) is 3.05. The van der Waals surface area contributed by atoms with Crippen LogP contribution in [0.15, 0.2) is 33.9 Å². The number of aromatic hydroxyl groups is 1. The van der Waals surface area contributed by atoms with Crippen LogP contribution in [0.5, 0.6) is 5.88 Å². The molecule has 1 aromatic heterocycles.